The molecule has 1 aliphatic rings. The second-order valence-corrected chi connectivity index (χ2v) is 6.93. The van der Waals surface area contributed by atoms with E-state index in [0.717, 1.165) is 35.7 Å². The van der Waals surface area contributed by atoms with E-state index >= 15 is 0 Å². The third kappa shape index (κ3) is 4.85. The van der Waals surface area contributed by atoms with Crippen LogP contribution in [0.1, 0.15) is 18.4 Å². The van der Waals surface area contributed by atoms with E-state index in [1.807, 2.05) is 36.4 Å². The number of nitrogens with zero attached hydrogens (tertiary/aromatic N) is 3. The van der Waals surface area contributed by atoms with E-state index in [0.29, 0.717) is 5.69 Å². The zero-order valence-corrected chi connectivity index (χ0v) is 15.9. The van der Waals surface area contributed by atoms with Crippen molar-refractivity contribution >= 4 is 23.5 Å². The summed E-state index contributed by atoms with van der Waals surface area (Å²) in [5, 5.41) is 11.5. The van der Waals surface area contributed by atoms with Gasteiger partial charge in [0.1, 0.15) is 5.82 Å². The molecule has 0 spiro atoms. The van der Waals surface area contributed by atoms with Gasteiger partial charge in [-0.2, -0.15) is 0 Å². The molecule has 1 fully saturated rings. The molecule has 0 aliphatic carbocycles. The van der Waals surface area contributed by atoms with Crippen LogP contribution in [0.25, 0.3) is 17.3 Å². The van der Waals surface area contributed by atoms with E-state index in [-0.39, 0.29) is 11.7 Å². The third-order valence-electron chi connectivity index (χ3n) is 4.80. The molecule has 146 valence electrons. The number of rotatable bonds is 5. The summed E-state index contributed by atoms with van der Waals surface area (Å²) in [5.74, 6) is 0.337. The minimum absolute atomic E-state index is 0.262. The minimum atomic E-state index is -0.306. The van der Waals surface area contributed by atoms with Crippen LogP contribution in [0.4, 0.5) is 15.9 Å². The number of nitrogens with one attached hydrogen (secondary N) is 1. The first-order chi connectivity index (χ1) is 14.2. The van der Waals surface area contributed by atoms with E-state index in [4.69, 9.17) is 0 Å². The van der Waals surface area contributed by atoms with Crippen LogP contribution in [0.15, 0.2) is 66.7 Å². The van der Waals surface area contributed by atoms with Crippen molar-refractivity contribution in [3.8, 4) is 11.3 Å². The normalized spacial score (nSPS) is 13.8. The van der Waals surface area contributed by atoms with Gasteiger partial charge in [0.15, 0.2) is 5.82 Å². The predicted molar refractivity (Wildman–Crippen MR) is 113 cm³/mol. The lowest BCUT2D eigenvalue weighted by atomic mass is 10.1. The lowest BCUT2D eigenvalue weighted by Crippen LogP contribution is -2.19. The molecule has 5 nitrogen and oxygen atoms in total. The third-order valence-corrected chi connectivity index (χ3v) is 4.80. The summed E-state index contributed by atoms with van der Waals surface area (Å²) in [5.41, 5.74) is 3.06. The molecule has 1 saturated heterocycles. The highest BCUT2D eigenvalue weighted by Gasteiger charge is 2.14. The average Bonchev–Trinajstić information content (AvgIpc) is 3.29. The highest BCUT2D eigenvalue weighted by atomic mass is 19.1. The van der Waals surface area contributed by atoms with Crippen molar-refractivity contribution in [2.75, 3.05) is 23.3 Å². The van der Waals surface area contributed by atoms with Gasteiger partial charge in [-0.15, -0.1) is 10.2 Å². The second kappa shape index (κ2) is 8.65. The number of benzene rings is 2. The molecule has 2 aromatic carbocycles. The van der Waals surface area contributed by atoms with Crippen molar-refractivity contribution in [3.63, 3.8) is 0 Å². The van der Waals surface area contributed by atoms with E-state index in [2.05, 4.69) is 20.4 Å². The number of aromatic nitrogens is 2. The number of anilines is 2. The Bertz CT molecular complexity index is 1010. The Labute approximate surface area is 168 Å². The SMILES string of the molecule is O=C(/C=C/c1ccc(F)cc1)Nc1cccc(-c2ccc(N3CCCC3)nn2)c1. The molecule has 1 aliphatic heterocycles. The van der Waals surface area contributed by atoms with Gasteiger partial charge < -0.3 is 10.2 Å². The molecule has 4 rings (SSSR count). The highest BCUT2D eigenvalue weighted by Crippen LogP contribution is 2.23. The Morgan fingerprint density at radius 3 is 2.52 bits per heavy atom. The first-order valence-electron chi connectivity index (χ1n) is 9.61. The summed E-state index contributed by atoms with van der Waals surface area (Å²) in [6.07, 6.45) is 5.45. The van der Waals surface area contributed by atoms with Gasteiger partial charge in [0.05, 0.1) is 5.69 Å². The van der Waals surface area contributed by atoms with E-state index in [1.54, 1.807) is 18.2 Å². The van der Waals surface area contributed by atoms with Crippen molar-refractivity contribution in [2.45, 2.75) is 12.8 Å². The Morgan fingerprint density at radius 2 is 1.79 bits per heavy atom. The summed E-state index contributed by atoms with van der Waals surface area (Å²) in [6.45, 7) is 2.06. The molecule has 0 saturated carbocycles. The first kappa shape index (κ1) is 18.8. The van der Waals surface area contributed by atoms with Gasteiger partial charge in [-0.3, -0.25) is 4.79 Å². The molecular formula is C23H21FN4O. The minimum Gasteiger partial charge on any atom is -0.355 e. The van der Waals surface area contributed by atoms with Crippen LogP contribution in [-0.4, -0.2) is 29.2 Å². The fourth-order valence-corrected chi connectivity index (χ4v) is 3.28. The summed E-state index contributed by atoms with van der Waals surface area (Å²) in [6, 6.07) is 17.4. The summed E-state index contributed by atoms with van der Waals surface area (Å²) < 4.78 is 12.9. The van der Waals surface area contributed by atoms with Crippen LogP contribution in [0.2, 0.25) is 0 Å². The lowest BCUT2D eigenvalue weighted by Gasteiger charge is -2.15. The molecule has 29 heavy (non-hydrogen) atoms. The quantitative estimate of drug-likeness (QED) is 0.652. The molecule has 3 aromatic rings. The predicted octanol–water partition coefficient (Wildman–Crippen LogP) is 4.53. The van der Waals surface area contributed by atoms with Crippen molar-refractivity contribution in [1.29, 1.82) is 0 Å². The molecule has 0 atom stereocenters. The number of carbonyl (C=O) groups excluding carboxylic acids is 1. The summed E-state index contributed by atoms with van der Waals surface area (Å²) in [4.78, 5) is 14.4. The van der Waals surface area contributed by atoms with Gasteiger partial charge in [0.25, 0.3) is 0 Å². The van der Waals surface area contributed by atoms with E-state index in [9.17, 15) is 9.18 Å². The standard InChI is InChI=1S/C23H21FN4O/c24-19-9-6-17(7-10-19)8-13-23(29)25-20-5-3-4-18(16-20)21-11-12-22(27-26-21)28-14-1-2-15-28/h3-13,16H,1-2,14-15H2,(H,25,29)/b13-8+. The average molecular weight is 388 g/mol. The van der Waals surface area contributed by atoms with Crippen molar-refractivity contribution in [2.24, 2.45) is 0 Å². The zero-order valence-electron chi connectivity index (χ0n) is 15.9. The zero-order chi connectivity index (χ0) is 20.1. The van der Waals surface area contributed by atoms with Gasteiger partial charge in [-0.05, 0) is 60.9 Å². The largest absolute Gasteiger partial charge is 0.355 e. The number of hydrogen-bond acceptors (Lipinski definition) is 4. The maximum absolute atomic E-state index is 12.9. The van der Waals surface area contributed by atoms with E-state index < -0.39 is 0 Å². The smallest absolute Gasteiger partial charge is 0.248 e. The number of amides is 1. The highest BCUT2D eigenvalue weighted by molar-refractivity contribution is 6.02. The van der Waals surface area contributed by atoms with E-state index in [1.165, 1.54) is 31.1 Å². The van der Waals surface area contributed by atoms with Crippen LogP contribution in [0, 0.1) is 5.82 Å². The van der Waals surface area contributed by atoms with Crippen LogP contribution in [0.5, 0.6) is 0 Å². The van der Waals surface area contributed by atoms with Gasteiger partial charge in [-0.25, -0.2) is 4.39 Å². The molecule has 6 heteroatoms. The van der Waals surface area contributed by atoms with Crippen LogP contribution >= 0.6 is 0 Å². The molecule has 0 unspecified atom stereocenters. The molecule has 2 heterocycles. The van der Waals surface area contributed by atoms with Crippen LogP contribution in [0.3, 0.4) is 0 Å². The topological polar surface area (TPSA) is 58.1 Å². The summed E-state index contributed by atoms with van der Waals surface area (Å²) in [7, 11) is 0. The Kier molecular flexibility index (Phi) is 5.61. The maximum atomic E-state index is 12.9. The molecular weight excluding hydrogens is 367 g/mol. The monoisotopic (exact) mass is 388 g/mol. The lowest BCUT2D eigenvalue weighted by molar-refractivity contribution is -0.111. The van der Waals surface area contributed by atoms with Gasteiger partial charge in [-0.1, -0.05) is 24.3 Å². The Balaban J connectivity index is 1.42. The number of hydrogen-bond donors (Lipinski definition) is 1. The summed E-state index contributed by atoms with van der Waals surface area (Å²) >= 11 is 0. The molecule has 0 radical (unpaired) electrons. The van der Waals surface area contributed by atoms with Crippen molar-refractivity contribution < 1.29 is 9.18 Å². The second-order valence-electron chi connectivity index (χ2n) is 6.93. The fraction of sp³-hybridized carbons (Fsp3) is 0.174. The molecule has 1 amide bonds. The Hall–Kier alpha value is -3.54. The van der Waals surface area contributed by atoms with Gasteiger partial charge in [0.2, 0.25) is 5.91 Å². The van der Waals surface area contributed by atoms with Gasteiger partial charge in [0, 0.05) is 30.4 Å². The van der Waals surface area contributed by atoms with Crippen molar-refractivity contribution in [3.05, 3.63) is 78.1 Å². The molecule has 1 N–H and O–H groups in total. The Morgan fingerprint density at radius 1 is 1.00 bits per heavy atom. The van der Waals surface area contributed by atoms with Crippen LogP contribution < -0.4 is 10.2 Å². The molecule has 0 bridgehead atoms. The molecule has 1 aromatic heterocycles. The first-order valence-corrected chi connectivity index (χ1v) is 9.61. The number of carbonyl (C=O) groups is 1. The maximum Gasteiger partial charge on any atom is 0.248 e. The van der Waals surface area contributed by atoms with Crippen molar-refractivity contribution in [1.82, 2.24) is 10.2 Å². The van der Waals surface area contributed by atoms with Gasteiger partial charge >= 0.3 is 0 Å². The van der Waals surface area contributed by atoms with Crippen LogP contribution in [-0.2, 0) is 4.79 Å². The fourth-order valence-electron chi connectivity index (χ4n) is 3.28. The number of halogens is 1.